The first-order valence-electron chi connectivity index (χ1n) is 10.8. The molecule has 0 aliphatic carbocycles. The second-order valence-corrected chi connectivity index (χ2v) is 8.24. The molecule has 0 amide bonds. The zero-order valence-corrected chi connectivity index (χ0v) is 19.0. The van der Waals surface area contributed by atoms with Gasteiger partial charge in [-0.1, -0.05) is 51.1 Å². The van der Waals surface area contributed by atoms with Gasteiger partial charge in [0.2, 0.25) is 0 Å². The molecule has 0 bridgehead atoms. The summed E-state index contributed by atoms with van der Waals surface area (Å²) in [7, 11) is 1.72. The molecular formula is C26H33NO3. The van der Waals surface area contributed by atoms with Crippen molar-refractivity contribution in [3.63, 3.8) is 0 Å². The number of methoxy groups -OCH3 is 1. The zero-order valence-electron chi connectivity index (χ0n) is 19.0. The largest absolute Gasteiger partial charge is 0.496 e. The van der Waals surface area contributed by atoms with E-state index in [-0.39, 0.29) is 11.9 Å². The third kappa shape index (κ3) is 4.38. The summed E-state index contributed by atoms with van der Waals surface area (Å²) < 4.78 is 13.1. The number of hydrogen-bond donors (Lipinski definition) is 0. The molecule has 1 atom stereocenters. The van der Waals surface area contributed by atoms with Crippen molar-refractivity contribution in [2.45, 2.75) is 59.4 Å². The van der Waals surface area contributed by atoms with E-state index in [1.807, 2.05) is 6.92 Å². The van der Waals surface area contributed by atoms with Crippen molar-refractivity contribution in [1.29, 1.82) is 0 Å². The highest BCUT2D eigenvalue weighted by Crippen LogP contribution is 2.35. The van der Waals surface area contributed by atoms with E-state index in [9.17, 15) is 4.79 Å². The van der Waals surface area contributed by atoms with E-state index in [4.69, 9.17) is 9.47 Å². The molecule has 3 rings (SSSR count). The van der Waals surface area contributed by atoms with Gasteiger partial charge in [0, 0.05) is 23.1 Å². The molecule has 3 aromatic rings. The number of ether oxygens (including phenoxy) is 2. The van der Waals surface area contributed by atoms with Gasteiger partial charge in [-0.2, -0.15) is 0 Å². The van der Waals surface area contributed by atoms with Crippen LogP contribution in [0.1, 0.15) is 68.3 Å². The minimum Gasteiger partial charge on any atom is -0.496 e. The molecule has 0 aliphatic heterocycles. The first kappa shape index (κ1) is 21.9. The number of carbonyl (C=O) groups excluding carboxylic acids is 1. The average molecular weight is 408 g/mol. The van der Waals surface area contributed by atoms with Crippen molar-refractivity contribution >= 4 is 16.9 Å². The first-order valence-corrected chi connectivity index (χ1v) is 10.8. The Morgan fingerprint density at radius 1 is 1.10 bits per heavy atom. The molecule has 0 radical (unpaired) electrons. The number of para-hydroxylation sites is 1. The number of rotatable bonds is 8. The van der Waals surface area contributed by atoms with Gasteiger partial charge < -0.3 is 14.0 Å². The number of fused-ring (bicyclic) bond motifs is 1. The topological polar surface area (TPSA) is 40.5 Å². The lowest BCUT2D eigenvalue weighted by Crippen LogP contribution is -2.10. The van der Waals surface area contributed by atoms with Crippen LogP contribution in [0.25, 0.3) is 10.9 Å². The fraction of sp³-hybridized carbons (Fsp3) is 0.423. The summed E-state index contributed by atoms with van der Waals surface area (Å²) in [5, 5.41) is 1.21. The lowest BCUT2D eigenvalue weighted by atomic mass is 9.95. The second-order valence-electron chi connectivity index (χ2n) is 8.24. The quantitative estimate of drug-likeness (QED) is 0.418. The van der Waals surface area contributed by atoms with E-state index in [2.05, 4.69) is 74.7 Å². The number of esters is 1. The van der Waals surface area contributed by atoms with E-state index >= 15 is 0 Å². The molecule has 160 valence electrons. The summed E-state index contributed by atoms with van der Waals surface area (Å²) in [6.07, 6.45) is 0.392. The molecule has 0 spiro atoms. The summed E-state index contributed by atoms with van der Waals surface area (Å²) in [6.45, 7) is 11.7. The minimum absolute atomic E-state index is 0.0947. The first-order chi connectivity index (χ1) is 14.4. The van der Waals surface area contributed by atoms with Gasteiger partial charge in [0.25, 0.3) is 0 Å². The normalized spacial score (nSPS) is 12.4. The van der Waals surface area contributed by atoms with Crippen LogP contribution in [0, 0.1) is 6.92 Å². The van der Waals surface area contributed by atoms with Crippen LogP contribution in [0.2, 0.25) is 0 Å². The predicted molar refractivity (Wildman–Crippen MR) is 123 cm³/mol. The Balaban J connectivity index is 2.02. The van der Waals surface area contributed by atoms with Gasteiger partial charge in [0.1, 0.15) is 5.75 Å². The van der Waals surface area contributed by atoms with E-state index in [0.29, 0.717) is 18.9 Å². The monoisotopic (exact) mass is 407 g/mol. The predicted octanol–water partition coefficient (Wildman–Crippen LogP) is 6.19. The number of hydrogen-bond acceptors (Lipinski definition) is 3. The van der Waals surface area contributed by atoms with Gasteiger partial charge in [-0.25, -0.2) is 0 Å². The maximum atomic E-state index is 12.1. The average Bonchev–Trinajstić information content (AvgIpc) is 2.99. The molecule has 1 aromatic heterocycles. The molecule has 4 nitrogen and oxygen atoms in total. The van der Waals surface area contributed by atoms with Gasteiger partial charge in [-0.05, 0) is 54.5 Å². The third-order valence-electron chi connectivity index (χ3n) is 5.81. The lowest BCUT2D eigenvalue weighted by Gasteiger charge is -2.16. The molecule has 0 saturated carbocycles. The Morgan fingerprint density at radius 2 is 1.83 bits per heavy atom. The minimum atomic E-state index is -0.141. The second kappa shape index (κ2) is 9.38. The molecule has 0 fully saturated rings. The lowest BCUT2D eigenvalue weighted by molar-refractivity contribution is -0.143. The van der Waals surface area contributed by atoms with Crippen LogP contribution >= 0.6 is 0 Å². The van der Waals surface area contributed by atoms with Crippen LogP contribution < -0.4 is 4.74 Å². The number of benzene rings is 2. The fourth-order valence-corrected chi connectivity index (χ4v) is 4.37. The van der Waals surface area contributed by atoms with Crippen molar-refractivity contribution in [3.8, 4) is 5.75 Å². The van der Waals surface area contributed by atoms with E-state index < -0.39 is 0 Å². The molecule has 0 aliphatic rings. The van der Waals surface area contributed by atoms with E-state index in [0.717, 1.165) is 12.3 Å². The summed E-state index contributed by atoms with van der Waals surface area (Å²) >= 11 is 0. The highest BCUT2D eigenvalue weighted by atomic mass is 16.5. The Kier molecular flexibility index (Phi) is 6.86. The van der Waals surface area contributed by atoms with Crippen molar-refractivity contribution < 1.29 is 14.3 Å². The Labute approximate surface area is 179 Å². The van der Waals surface area contributed by atoms with Gasteiger partial charge in [-0.3, -0.25) is 4.79 Å². The summed E-state index contributed by atoms with van der Waals surface area (Å²) in [5.74, 6) is 1.28. The molecule has 1 heterocycles. The Hall–Kier alpha value is -2.75. The summed E-state index contributed by atoms with van der Waals surface area (Å²) in [4.78, 5) is 12.1. The van der Waals surface area contributed by atoms with E-state index in [1.165, 1.54) is 33.3 Å². The smallest absolute Gasteiger partial charge is 0.306 e. The third-order valence-corrected chi connectivity index (χ3v) is 5.81. The molecular weight excluding hydrogens is 374 g/mol. The van der Waals surface area contributed by atoms with Gasteiger partial charge in [-0.15, -0.1) is 0 Å². The van der Waals surface area contributed by atoms with Gasteiger partial charge in [0.05, 0.1) is 20.1 Å². The maximum Gasteiger partial charge on any atom is 0.306 e. The molecule has 30 heavy (non-hydrogen) atoms. The summed E-state index contributed by atoms with van der Waals surface area (Å²) in [5.41, 5.74) is 6.10. The van der Waals surface area contributed by atoms with E-state index in [1.54, 1.807) is 7.11 Å². The summed E-state index contributed by atoms with van der Waals surface area (Å²) in [6, 6.07) is 14.9. The van der Waals surface area contributed by atoms with Crippen molar-refractivity contribution in [1.82, 2.24) is 4.57 Å². The SMILES string of the molecule is CCOC(=O)CC(C)c1c(C)n(Cc2ccc(OC)c(C(C)C)c2)c2ccccc12. The van der Waals surface area contributed by atoms with Crippen molar-refractivity contribution in [2.24, 2.45) is 0 Å². The van der Waals surface area contributed by atoms with Gasteiger partial charge >= 0.3 is 5.97 Å². The highest BCUT2D eigenvalue weighted by Gasteiger charge is 2.21. The van der Waals surface area contributed by atoms with Crippen LogP contribution in [-0.2, 0) is 16.1 Å². The molecule has 0 saturated heterocycles. The fourth-order valence-electron chi connectivity index (χ4n) is 4.37. The highest BCUT2D eigenvalue weighted by molar-refractivity contribution is 5.87. The molecule has 1 unspecified atom stereocenters. The Morgan fingerprint density at radius 3 is 2.50 bits per heavy atom. The molecule has 2 aromatic carbocycles. The van der Waals surface area contributed by atoms with Crippen LogP contribution in [0.3, 0.4) is 0 Å². The van der Waals surface area contributed by atoms with Gasteiger partial charge in [0.15, 0.2) is 0 Å². The van der Waals surface area contributed by atoms with Crippen molar-refractivity contribution in [3.05, 3.63) is 64.8 Å². The molecule has 4 heteroatoms. The number of aromatic nitrogens is 1. The number of nitrogens with zero attached hydrogens (tertiary/aromatic N) is 1. The van der Waals surface area contributed by atoms with Crippen molar-refractivity contribution in [2.75, 3.05) is 13.7 Å². The van der Waals surface area contributed by atoms with Crippen LogP contribution in [0.15, 0.2) is 42.5 Å². The van der Waals surface area contributed by atoms with Crippen LogP contribution in [-0.4, -0.2) is 24.3 Å². The maximum absolute atomic E-state index is 12.1. The number of carbonyl (C=O) groups is 1. The standard InChI is InChI=1S/C26H33NO3/c1-7-30-25(28)14-18(4)26-19(5)27(23-11-9-8-10-21(23)26)16-20-12-13-24(29-6)22(15-20)17(2)3/h8-13,15,17-18H,7,14,16H2,1-6H3. The van der Waals surface area contributed by atoms with Crippen LogP contribution in [0.5, 0.6) is 5.75 Å². The zero-order chi connectivity index (χ0) is 21.8. The Bertz CT molecular complexity index is 1030. The van der Waals surface area contributed by atoms with Crippen LogP contribution in [0.4, 0.5) is 0 Å². The molecule has 0 N–H and O–H groups in total.